The number of aliphatic hydroxyl groups is 1. The lowest BCUT2D eigenvalue weighted by atomic mass is 10.0. The zero-order valence-electron chi connectivity index (χ0n) is 9.42. The molecule has 2 N–H and O–H groups in total. The van der Waals surface area contributed by atoms with Gasteiger partial charge in [0.1, 0.15) is 0 Å². The lowest BCUT2D eigenvalue weighted by molar-refractivity contribution is 0.0519. The van der Waals surface area contributed by atoms with E-state index in [4.69, 9.17) is 4.74 Å². The van der Waals surface area contributed by atoms with Crippen LogP contribution in [0.3, 0.4) is 0 Å². The van der Waals surface area contributed by atoms with Crippen molar-refractivity contribution in [1.82, 2.24) is 10.2 Å². The third-order valence-corrected chi connectivity index (χ3v) is 2.79. The molecule has 0 aromatic carbocycles. The van der Waals surface area contributed by atoms with Crippen molar-refractivity contribution in [2.75, 3.05) is 39.9 Å². The van der Waals surface area contributed by atoms with Crippen LogP contribution in [0.25, 0.3) is 0 Å². The summed E-state index contributed by atoms with van der Waals surface area (Å²) in [5.74, 6) is 0. The van der Waals surface area contributed by atoms with Crippen LogP contribution >= 0.6 is 0 Å². The minimum atomic E-state index is -0.270. The monoisotopic (exact) mass is 202 g/mol. The van der Waals surface area contributed by atoms with Crippen LogP contribution in [-0.2, 0) is 4.74 Å². The van der Waals surface area contributed by atoms with E-state index in [1.807, 2.05) is 0 Å². The quantitative estimate of drug-likeness (QED) is 0.658. The molecule has 1 saturated heterocycles. The van der Waals surface area contributed by atoms with Gasteiger partial charge in [-0.2, -0.15) is 0 Å². The highest BCUT2D eigenvalue weighted by atomic mass is 16.5. The highest BCUT2D eigenvalue weighted by molar-refractivity contribution is 4.88. The number of ether oxygens (including phenoxy) is 1. The highest BCUT2D eigenvalue weighted by Crippen LogP contribution is 2.15. The van der Waals surface area contributed by atoms with Crippen LogP contribution in [-0.4, -0.2) is 61.5 Å². The van der Waals surface area contributed by atoms with Gasteiger partial charge in [0.05, 0.1) is 12.7 Å². The molecule has 0 bridgehead atoms. The standard InChI is InChI=1S/C10H22N2O2/c1-10(2)8-11-6-9(13)7-12(10)4-5-14-3/h9,11,13H,4-8H2,1-3H3. The maximum absolute atomic E-state index is 9.65. The van der Waals surface area contributed by atoms with Crippen molar-refractivity contribution in [1.29, 1.82) is 0 Å². The summed E-state index contributed by atoms with van der Waals surface area (Å²) in [5, 5.41) is 12.9. The van der Waals surface area contributed by atoms with Crippen LogP contribution in [0.1, 0.15) is 13.8 Å². The molecule has 1 aliphatic heterocycles. The molecular formula is C10H22N2O2. The van der Waals surface area contributed by atoms with Crippen LogP contribution in [0, 0.1) is 0 Å². The second-order valence-electron chi connectivity index (χ2n) is 4.54. The van der Waals surface area contributed by atoms with Crippen LogP contribution in [0.15, 0.2) is 0 Å². The first-order valence-electron chi connectivity index (χ1n) is 5.19. The van der Waals surface area contributed by atoms with E-state index in [2.05, 4.69) is 24.1 Å². The van der Waals surface area contributed by atoms with Crippen LogP contribution in [0.2, 0.25) is 0 Å². The van der Waals surface area contributed by atoms with Gasteiger partial charge in [-0.3, -0.25) is 4.90 Å². The maximum Gasteiger partial charge on any atom is 0.0791 e. The Bertz CT molecular complexity index is 174. The molecule has 1 aliphatic rings. The molecule has 0 aliphatic carbocycles. The second-order valence-corrected chi connectivity index (χ2v) is 4.54. The van der Waals surface area contributed by atoms with Crippen LogP contribution in [0.4, 0.5) is 0 Å². The van der Waals surface area contributed by atoms with Gasteiger partial charge in [0.25, 0.3) is 0 Å². The Morgan fingerprint density at radius 2 is 2.29 bits per heavy atom. The predicted molar refractivity (Wildman–Crippen MR) is 56.4 cm³/mol. The third-order valence-electron chi connectivity index (χ3n) is 2.79. The fraction of sp³-hybridized carbons (Fsp3) is 1.00. The first kappa shape index (κ1) is 11.9. The summed E-state index contributed by atoms with van der Waals surface area (Å²) >= 11 is 0. The van der Waals surface area contributed by atoms with E-state index in [0.717, 1.165) is 26.2 Å². The van der Waals surface area contributed by atoms with Crippen molar-refractivity contribution in [2.24, 2.45) is 0 Å². The van der Waals surface area contributed by atoms with Crippen molar-refractivity contribution in [2.45, 2.75) is 25.5 Å². The Kier molecular flexibility index (Phi) is 4.31. The minimum Gasteiger partial charge on any atom is -0.390 e. The van der Waals surface area contributed by atoms with Gasteiger partial charge in [-0.05, 0) is 13.8 Å². The fourth-order valence-electron chi connectivity index (χ4n) is 1.82. The Morgan fingerprint density at radius 3 is 2.93 bits per heavy atom. The largest absolute Gasteiger partial charge is 0.390 e. The number of hydrogen-bond donors (Lipinski definition) is 2. The van der Waals surface area contributed by atoms with Crippen molar-refractivity contribution in [3.05, 3.63) is 0 Å². The van der Waals surface area contributed by atoms with E-state index >= 15 is 0 Å². The Morgan fingerprint density at radius 1 is 1.57 bits per heavy atom. The second kappa shape index (κ2) is 5.07. The number of hydrogen-bond acceptors (Lipinski definition) is 4. The summed E-state index contributed by atoms with van der Waals surface area (Å²) in [5.41, 5.74) is 0.0933. The van der Waals surface area contributed by atoms with E-state index in [0.29, 0.717) is 6.54 Å². The molecule has 4 heteroatoms. The summed E-state index contributed by atoms with van der Waals surface area (Å²) in [6.45, 7) is 8.30. The normalized spacial score (nSPS) is 28.7. The van der Waals surface area contributed by atoms with Gasteiger partial charge < -0.3 is 15.2 Å². The number of nitrogens with zero attached hydrogens (tertiary/aromatic N) is 1. The average Bonchev–Trinajstić information content (AvgIpc) is 2.22. The smallest absolute Gasteiger partial charge is 0.0791 e. The molecular weight excluding hydrogens is 180 g/mol. The first-order chi connectivity index (χ1) is 6.56. The van der Waals surface area contributed by atoms with E-state index in [1.165, 1.54) is 0 Å². The molecule has 0 aromatic rings. The van der Waals surface area contributed by atoms with Gasteiger partial charge in [-0.1, -0.05) is 0 Å². The number of methoxy groups -OCH3 is 1. The molecule has 1 atom stereocenters. The number of β-amino-alcohol motifs (C(OH)–C–C–N with tert-alkyl or cyclic N) is 1. The predicted octanol–water partition coefficient (Wildman–Crippen LogP) is -0.322. The van der Waals surface area contributed by atoms with E-state index < -0.39 is 0 Å². The van der Waals surface area contributed by atoms with Gasteiger partial charge in [0, 0.05) is 38.8 Å². The van der Waals surface area contributed by atoms with Crippen molar-refractivity contribution in [3.8, 4) is 0 Å². The zero-order chi connectivity index (χ0) is 10.6. The molecule has 0 amide bonds. The van der Waals surface area contributed by atoms with E-state index in [1.54, 1.807) is 7.11 Å². The van der Waals surface area contributed by atoms with Gasteiger partial charge in [0.2, 0.25) is 0 Å². The van der Waals surface area contributed by atoms with E-state index in [9.17, 15) is 5.11 Å². The van der Waals surface area contributed by atoms with E-state index in [-0.39, 0.29) is 11.6 Å². The van der Waals surface area contributed by atoms with Crippen molar-refractivity contribution < 1.29 is 9.84 Å². The third kappa shape index (κ3) is 3.20. The molecule has 14 heavy (non-hydrogen) atoms. The summed E-state index contributed by atoms with van der Waals surface area (Å²) in [7, 11) is 1.71. The molecule has 0 spiro atoms. The molecule has 1 fully saturated rings. The Balaban J connectivity index is 2.54. The SMILES string of the molecule is COCCN1CC(O)CNCC1(C)C. The van der Waals surface area contributed by atoms with Gasteiger partial charge >= 0.3 is 0 Å². The topological polar surface area (TPSA) is 44.7 Å². The number of rotatable bonds is 3. The molecule has 1 rings (SSSR count). The van der Waals surface area contributed by atoms with Crippen LogP contribution < -0.4 is 5.32 Å². The van der Waals surface area contributed by atoms with Gasteiger partial charge in [-0.25, -0.2) is 0 Å². The molecule has 1 heterocycles. The molecule has 0 saturated carbocycles. The Hall–Kier alpha value is -0.160. The van der Waals surface area contributed by atoms with Gasteiger partial charge in [0.15, 0.2) is 0 Å². The number of nitrogens with one attached hydrogen (secondary N) is 1. The molecule has 1 unspecified atom stereocenters. The van der Waals surface area contributed by atoms with Crippen LogP contribution in [0.5, 0.6) is 0 Å². The average molecular weight is 202 g/mol. The minimum absolute atomic E-state index is 0.0933. The van der Waals surface area contributed by atoms with Crippen molar-refractivity contribution in [3.63, 3.8) is 0 Å². The maximum atomic E-state index is 9.65. The Labute approximate surface area is 86.2 Å². The fourth-order valence-corrected chi connectivity index (χ4v) is 1.82. The highest BCUT2D eigenvalue weighted by Gasteiger charge is 2.30. The van der Waals surface area contributed by atoms with Gasteiger partial charge in [-0.15, -0.1) is 0 Å². The zero-order valence-corrected chi connectivity index (χ0v) is 9.42. The molecule has 0 aromatic heterocycles. The summed E-state index contributed by atoms with van der Waals surface area (Å²) in [4.78, 5) is 2.28. The summed E-state index contributed by atoms with van der Waals surface area (Å²) < 4.78 is 5.07. The lowest BCUT2D eigenvalue weighted by Gasteiger charge is -2.37. The van der Waals surface area contributed by atoms with Crippen molar-refractivity contribution >= 4 is 0 Å². The summed E-state index contributed by atoms with van der Waals surface area (Å²) in [6, 6.07) is 0. The lowest BCUT2D eigenvalue weighted by Crippen LogP contribution is -2.50. The molecule has 0 radical (unpaired) electrons. The molecule has 84 valence electrons. The first-order valence-corrected chi connectivity index (χ1v) is 5.19. The molecule has 4 nitrogen and oxygen atoms in total. The number of aliphatic hydroxyl groups excluding tert-OH is 1. The summed E-state index contributed by atoms with van der Waals surface area (Å²) in [6.07, 6.45) is -0.270.